The Labute approximate surface area is 199 Å². The molecule has 1 aliphatic carbocycles. The minimum Gasteiger partial charge on any atom is -0.454 e. The number of ketones is 1. The van der Waals surface area contributed by atoms with Crippen LogP contribution in [0.3, 0.4) is 0 Å². The Morgan fingerprint density at radius 3 is 2.50 bits per heavy atom. The van der Waals surface area contributed by atoms with Crippen LogP contribution in [-0.2, 0) is 26.7 Å². The highest BCUT2D eigenvalue weighted by atomic mass is 32.2. The normalized spacial score (nSPS) is 16.0. The zero-order valence-corrected chi connectivity index (χ0v) is 20.2. The van der Waals surface area contributed by atoms with Crippen molar-refractivity contribution in [3.8, 4) is 22.6 Å². The van der Waals surface area contributed by atoms with Crippen LogP contribution >= 0.6 is 0 Å². The fourth-order valence-corrected chi connectivity index (χ4v) is 5.38. The van der Waals surface area contributed by atoms with Gasteiger partial charge < -0.3 is 9.47 Å². The summed E-state index contributed by atoms with van der Waals surface area (Å²) in [4.78, 5) is 18.2. The van der Waals surface area contributed by atoms with Crippen molar-refractivity contribution in [2.45, 2.75) is 36.5 Å². The molecule has 176 valence electrons. The number of benzene rings is 2. The summed E-state index contributed by atoms with van der Waals surface area (Å²) >= 11 is 0. The quantitative estimate of drug-likeness (QED) is 0.512. The van der Waals surface area contributed by atoms with E-state index in [9.17, 15) is 13.2 Å². The van der Waals surface area contributed by atoms with E-state index in [-0.39, 0.29) is 23.9 Å². The number of aromatic nitrogens is 1. The van der Waals surface area contributed by atoms with Gasteiger partial charge in [0.15, 0.2) is 11.5 Å². The largest absolute Gasteiger partial charge is 0.454 e. The van der Waals surface area contributed by atoms with E-state index in [2.05, 4.69) is 4.98 Å². The Morgan fingerprint density at radius 1 is 1.03 bits per heavy atom. The fourth-order valence-electron chi connectivity index (χ4n) is 4.43. The highest BCUT2D eigenvalue weighted by Gasteiger charge is 2.51. The van der Waals surface area contributed by atoms with Crippen molar-refractivity contribution < 1.29 is 22.7 Å². The third-order valence-electron chi connectivity index (χ3n) is 6.62. The number of Topliss-reactive ketones (excluding diaryl/α,β-unsaturated/α-hetero) is 1. The van der Waals surface area contributed by atoms with Crippen molar-refractivity contribution in [3.05, 3.63) is 71.5 Å². The van der Waals surface area contributed by atoms with Crippen LogP contribution in [0.5, 0.6) is 11.5 Å². The van der Waals surface area contributed by atoms with Gasteiger partial charge in [-0.25, -0.2) is 12.7 Å². The van der Waals surface area contributed by atoms with Gasteiger partial charge in [-0.2, -0.15) is 0 Å². The second kappa shape index (κ2) is 8.21. The minimum absolute atomic E-state index is 0.144. The maximum absolute atomic E-state index is 13.3. The summed E-state index contributed by atoms with van der Waals surface area (Å²) in [6, 6.07) is 16.3. The maximum Gasteiger partial charge on any atom is 0.242 e. The molecular weight excluding hydrogens is 452 g/mol. The van der Waals surface area contributed by atoms with Crippen LogP contribution < -0.4 is 9.47 Å². The van der Waals surface area contributed by atoms with E-state index in [0.717, 1.165) is 35.2 Å². The number of carbonyl (C=O) groups excluding carboxylic acids is 1. The van der Waals surface area contributed by atoms with Crippen molar-refractivity contribution in [3.63, 3.8) is 0 Å². The molecule has 0 unspecified atom stereocenters. The third-order valence-corrected chi connectivity index (χ3v) is 8.43. The molecule has 1 aliphatic heterocycles. The van der Waals surface area contributed by atoms with Gasteiger partial charge in [-0.1, -0.05) is 24.3 Å². The first-order chi connectivity index (χ1) is 16.2. The first-order valence-electron chi connectivity index (χ1n) is 11.1. The SMILES string of the molecule is Cc1nc(CC(=O)C2(c3ccc4c(c3)OCO4)CC2)ccc1-c1cccc(S(=O)(=O)N(C)C)c1. The second-order valence-electron chi connectivity index (χ2n) is 9.00. The summed E-state index contributed by atoms with van der Waals surface area (Å²) in [7, 11) is -0.511. The lowest BCUT2D eigenvalue weighted by Gasteiger charge is -2.16. The van der Waals surface area contributed by atoms with Gasteiger partial charge >= 0.3 is 0 Å². The molecule has 2 heterocycles. The molecule has 0 bridgehead atoms. The van der Waals surface area contributed by atoms with Gasteiger partial charge in [-0.05, 0) is 61.2 Å². The lowest BCUT2D eigenvalue weighted by molar-refractivity contribution is -0.120. The topological polar surface area (TPSA) is 85.8 Å². The molecular formula is C26H26N2O5S. The zero-order chi connectivity index (χ0) is 24.1. The summed E-state index contributed by atoms with van der Waals surface area (Å²) in [6.07, 6.45) is 1.87. The van der Waals surface area contributed by atoms with Crippen molar-refractivity contribution in [2.75, 3.05) is 20.9 Å². The van der Waals surface area contributed by atoms with Crippen LogP contribution in [0.2, 0.25) is 0 Å². The van der Waals surface area contributed by atoms with Crippen LogP contribution in [0.1, 0.15) is 29.8 Å². The Bertz CT molecular complexity index is 1390. The Morgan fingerprint density at radius 2 is 1.79 bits per heavy atom. The number of hydrogen-bond acceptors (Lipinski definition) is 6. The molecule has 5 rings (SSSR count). The molecule has 7 nitrogen and oxygen atoms in total. The van der Waals surface area contributed by atoms with Crippen molar-refractivity contribution in [1.82, 2.24) is 9.29 Å². The number of nitrogens with zero attached hydrogens (tertiary/aromatic N) is 2. The monoisotopic (exact) mass is 478 g/mol. The molecule has 2 aliphatic rings. The predicted octanol–water partition coefficient (Wildman–Crippen LogP) is 3.88. The average Bonchev–Trinajstić information content (AvgIpc) is 3.50. The number of hydrogen-bond donors (Lipinski definition) is 0. The van der Waals surface area contributed by atoms with Gasteiger partial charge in [-0.3, -0.25) is 9.78 Å². The number of ether oxygens (including phenoxy) is 2. The molecule has 34 heavy (non-hydrogen) atoms. The van der Waals surface area contributed by atoms with Gasteiger partial charge in [0.2, 0.25) is 16.8 Å². The molecule has 1 saturated carbocycles. The number of rotatable bonds is 7. The summed E-state index contributed by atoms with van der Waals surface area (Å²) in [5.74, 6) is 1.54. The van der Waals surface area contributed by atoms with E-state index in [1.807, 2.05) is 43.3 Å². The van der Waals surface area contributed by atoms with Gasteiger partial charge in [0.25, 0.3) is 0 Å². The van der Waals surface area contributed by atoms with E-state index >= 15 is 0 Å². The minimum atomic E-state index is -3.53. The first-order valence-corrected chi connectivity index (χ1v) is 12.6. The van der Waals surface area contributed by atoms with Crippen molar-refractivity contribution in [2.24, 2.45) is 0 Å². The molecule has 0 spiro atoms. The number of carbonyl (C=O) groups is 1. The van der Waals surface area contributed by atoms with E-state index < -0.39 is 15.4 Å². The van der Waals surface area contributed by atoms with E-state index in [1.54, 1.807) is 18.2 Å². The molecule has 2 aromatic carbocycles. The molecule has 1 fully saturated rings. The standard InChI is InChI=1S/C26H26N2O5S/c1-17-22(18-5-4-6-21(13-18)34(30,31)28(2)3)9-8-20(27-17)15-25(29)26(11-12-26)19-7-10-23-24(14-19)33-16-32-23/h4-10,13-14H,11-12,15-16H2,1-3H3. The van der Waals surface area contributed by atoms with Crippen LogP contribution in [0, 0.1) is 6.92 Å². The van der Waals surface area contributed by atoms with Gasteiger partial charge in [0.1, 0.15) is 5.78 Å². The number of fused-ring (bicyclic) bond motifs is 1. The maximum atomic E-state index is 13.3. The molecule has 0 atom stereocenters. The van der Waals surface area contributed by atoms with Crippen LogP contribution in [-0.4, -0.2) is 44.4 Å². The van der Waals surface area contributed by atoms with E-state index in [0.29, 0.717) is 17.2 Å². The number of pyridine rings is 1. The van der Waals surface area contributed by atoms with Crippen LogP contribution in [0.15, 0.2) is 59.5 Å². The van der Waals surface area contributed by atoms with E-state index in [4.69, 9.17) is 9.47 Å². The van der Waals surface area contributed by atoms with Crippen LogP contribution in [0.25, 0.3) is 11.1 Å². The highest BCUT2D eigenvalue weighted by molar-refractivity contribution is 7.89. The Kier molecular flexibility index (Phi) is 5.45. The summed E-state index contributed by atoms with van der Waals surface area (Å²) < 4.78 is 37.1. The van der Waals surface area contributed by atoms with Gasteiger partial charge in [-0.15, -0.1) is 0 Å². The molecule has 8 heteroatoms. The fraction of sp³-hybridized carbons (Fsp3) is 0.308. The first kappa shape index (κ1) is 22.6. The highest BCUT2D eigenvalue weighted by Crippen LogP contribution is 2.51. The molecule has 0 amide bonds. The molecule has 1 aromatic heterocycles. The summed E-state index contributed by atoms with van der Waals surface area (Å²) in [5, 5.41) is 0. The second-order valence-corrected chi connectivity index (χ2v) is 11.2. The number of aryl methyl sites for hydroxylation is 1. The number of sulfonamides is 1. The molecule has 0 N–H and O–H groups in total. The average molecular weight is 479 g/mol. The van der Waals surface area contributed by atoms with E-state index in [1.165, 1.54) is 18.4 Å². The Balaban J connectivity index is 1.37. The predicted molar refractivity (Wildman–Crippen MR) is 127 cm³/mol. The lowest BCUT2D eigenvalue weighted by Crippen LogP contribution is -2.23. The summed E-state index contributed by atoms with van der Waals surface area (Å²) in [5.41, 5.74) is 3.54. The van der Waals surface area contributed by atoms with Crippen molar-refractivity contribution in [1.29, 1.82) is 0 Å². The molecule has 3 aromatic rings. The van der Waals surface area contributed by atoms with Crippen LogP contribution in [0.4, 0.5) is 0 Å². The molecule has 0 radical (unpaired) electrons. The zero-order valence-electron chi connectivity index (χ0n) is 19.4. The van der Waals surface area contributed by atoms with Gasteiger partial charge in [0, 0.05) is 37.5 Å². The summed E-state index contributed by atoms with van der Waals surface area (Å²) in [6.45, 7) is 2.08. The van der Waals surface area contributed by atoms with Crippen molar-refractivity contribution >= 4 is 15.8 Å². The smallest absolute Gasteiger partial charge is 0.242 e. The lowest BCUT2D eigenvalue weighted by atomic mass is 9.88. The third kappa shape index (κ3) is 3.86. The Hall–Kier alpha value is -3.23. The van der Waals surface area contributed by atoms with Gasteiger partial charge in [0.05, 0.1) is 10.3 Å². The molecule has 0 saturated heterocycles.